The fraction of sp³-hybridized carbons (Fsp3) is 0.0714. The number of hydrogen-bond acceptors (Lipinski definition) is 3. The van der Waals surface area contributed by atoms with Crippen molar-refractivity contribution in [2.45, 2.75) is 6.42 Å². The van der Waals surface area contributed by atoms with E-state index in [9.17, 15) is 14.9 Å². The Bertz CT molecular complexity index is 623. The van der Waals surface area contributed by atoms with Crippen LogP contribution in [0.2, 0.25) is 0 Å². The molecule has 19 heavy (non-hydrogen) atoms. The first-order valence-corrected chi connectivity index (χ1v) is 6.67. The van der Waals surface area contributed by atoms with E-state index in [0.717, 1.165) is 3.57 Å². The van der Waals surface area contributed by atoms with Gasteiger partial charge in [0, 0.05) is 27.2 Å². The van der Waals surface area contributed by atoms with Gasteiger partial charge >= 0.3 is 0 Å². The third kappa shape index (κ3) is 3.37. The summed E-state index contributed by atoms with van der Waals surface area (Å²) in [6.45, 7) is 0. The third-order valence-electron chi connectivity index (χ3n) is 2.71. The Morgan fingerprint density at radius 2 is 1.74 bits per heavy atom. The van der Waals surface area contributed by atoms with E-state index in [1.807, 2.05) is 12.1 Å². The van der Waals surface area contributed by atoms with Gasteiger partial charge in [-0.2, -0.15) is 0 Å². The number of benzene rings is 2. The van der Waals surface area contributed by atoms with Crippen LogP contribution in [0.3, 0.4) is 0 Å². The molecule has 0 unspecified atom stereocenters. The van der Waals surface area contributed by atoms with Gasteiger partial charge in [0.15, 0.2) is 5.78 Å². The number of rotatable bonds is 4. The number of nitro groups is 1. The largest absolute Gasteiger partial charge is 0.294 e. The van der Waals surface area contributed by atoms with Gasteiger partial charge in [-0.15, -0.1) is 0 Å². The van der Waals surface area contributed by atoms with E-state index in [2.05, 4.69) is 22.6 Å². The summed E-state index contributed by atoms with van der Waals surface area (Å²) in [5.74, 6) is -0.120. The maximum atomic E-state index is 12.1. The van der Waals surface area contributed by atoms with Gasteiger partial charge in [-0.25, -0.2) is 0 Å². The molecule has 0 saturated heterocycles. The van der Waals surface area contributed by atoms with Gasteiger partial charge in [0.2, 0.25) is 0 Å². The molecular weight excluding hydrogens is 357 g/mol. The fourth-order valence-corrected chi connectivity index (χ4v) is 2.11. The highest BCUT2D eigenvalue weighted by atomic mass is 127. The van der Waals surface area contributed by atoms with Gasteiger partial charge in [-0.3, -0.25) is 14.9 Å². The summed E-state index contributed by atoms with van der Waals surface area (Å²) in [6, 6.07) is 13.5. The Hall–Kier alpha value is -1.76. The first-order valence-electron chi connectivity index (χ1n) is 5.59. The zero-order chi connectivity index (χ0) is 13.8. The molecule has 0 fully saturated rings. The lowest BCUT2D eigenvalue weighted by Gasteiger charge is -2.03. The molecule has 0 aliphatic heterocycles. The van der Waals surface area contributed by atoms with Crippen molar-refractivity contribution in [3.63, 3.8) is 0 Å². The van der Waals surface area contributed by atoms with Crippen LogP contribution >= 0.6 is 22.6 Å². The molecule has 5 heteroatoms. The molecule has 0 spiro atoms. The fourth-order valence-electron chi connectivity index (χ4n) is 1.75. The molecule has 0 amide bonds. The van der Waals surface area contributed by atoms with Gasteiger partial charge in [0.05, 0.1) is 4.92 Å². The van der Waals surface area contributed by atoms with Crippen molar-refractivity contribution in [1.29, 1.82) is 0 Å². The SMILES string of the molecule is O=C(Cc1ccccc1[N+](=O)[O-])c1ccc(I)cc1. The quantitative estimate of drug-likeness (QED) is 0.359. The molecule has 0 radical (unpaired) electrons. The highest BCUT2D eigenvalue weighted by Gasteiger charge is 2.16. The Kier molecular flexibility index (Phi) is 4.26. The van der Waals surface area contributed by atoms with E-state index < -0.39 is 4.92 Å². The van der Waals surface area contributed by atoms with E-state index in [-0.39, 0.29) is 17.9 Å². The summed E-state index contributed by atoms with van der Waals surface area (Å²) < 4.78 is 1.04. The molecule has 2 aromatic carbocycles. The number of ketones is 1. The van der Waals surface area contributed by atoms with E-state index in [0.29, 0.717) is 11.1 Å². The van der Waals surface area contributed by atoms with Crippen molar-refractivity contribution < 1.29 is 9.72 Å². The van der Waals surface area contributed by atoms with Gasteiger partial charge in [-0.05, 0) is 34.7 Å². The molecular formula is C14H10INO3. The zero-order valence-corrected chi connectivity index (χ0v) is 12.0. The molecule has 96 valence electrons. The summed E-state index contributed by atoms with van der Waals surface area (Å²) in [6.07, 6.45) is 0.0394. The molecule has 2 aromatic rings. The molecule has 0 aromatic heterocycles. The summed E-state index contributed by atoms with van der Waals surface area (Å²) in [5.41, 5.74) is 0.996. The van der Waals surface area contributed by atoms with Crippen molar-refractivity contribution in [1.82, 2.24) is 0 Å². The zero-order valence-electron chi connectivity index (χ0n) is 9.88. The van der Waals surface area contributed by atoms with Gasteiger partial charge in [0.1, 0.15) is 0 Å². The molecule has 0 N–H and O–H groups in total. The van der Waals surface area contributed by atoms with Gasteiger partial charge in [-0.1, -0.05) is 30.3 Å². The lowest BCUT2D eigenvalue weighted by atomic mass is 10.0. The van der Waals surface area contributed by atoms with Crippen LogP contribution in [-0.4, -0.2) is 10.7 Å². The van der Waals surface area contributed by atoms with Crippen molar-refractivity contribution in [2.75, 3.05) is 0 Å². The first kappa shape index (κ1) is 13.7. The van der Waals surface area contributed by atoms with Crippen molar-refractivity contribution >= 4 is 34.1 Å². The van der Waals surface area contributed by atoms with Crippen molar-refractivity contribution in [2.24, 2.45) is 0 Å². The summed E-state index contributed by atoms with van der Waals surface area (Å²) in [7, 11) is 0. The highest BCUT2D eigenvalue weighted by Crippen LogP contribution is 2.20. The predicted molar refractivity (Wildman–Crippen MR) is 80.3 cm³/mol. The van der Waals surface area contributed by atoms with E-state index in [1.165, 1.54) is 6.07 Å². The van der Waals surface area contributed by atoms with Crippen LogP contribution in [0, 0.1) is 13.7 Å². The second-order valence-corrected chi connectivity index (χ2v) is 5.24. The smallest absolute Gasteiger partial charge is 0.273 e. The standard InChI is InChI=1S/C14H10INO3/c15-12-7-5-10(6-8-12)14(17)9-11-3-1-2-4-13(11)16(18)19/h1-8H,9H2. The summed E-state index contributed by atoms with van der Waals surface area (Å²) >= 11 is 2.16. The topological polar surface area (TPSA) is 60.2 Å². The number of carbonyl (C=O) groups is 1. The Labute approximate surface area is 123 Å². The van der Waals surface area contributed by atoms with Crippen LogP contribution in [-0.2, 0) is 6.42 Å². The minimum absolute atomic E-state index is 0.0126. The van der Waals surface area contributed by atoms with E-state index in [4.69, 9.17) is 0 Å². The van der Waals surface area contributed by atoms with Crippen LogP contribution < -0.4 is 0 Å². The van der Waals surface area contributed by atoms with Crippen molar-refractivity contribution in [3.05, 3.63) is 73.3 Å². The highest BCUT2D eigenvalue weighted by molar-refractivity contribution is 14.1. The number of Topliss-reactive ketones (excluding diaryl/α,β-unsaturated/α-hetero) is 1. The van der Waals surface area contributed by atoms with Gasteiger partial charge in [0.25, 0.3) is 5.69 Å². The van der Waals surface area contributed by atoms with Crippen molar-refractivity contribution in [3.8, 4) is 0 Å². The van der Waals surface area contributed by atoms with Crippen LogP contribution in [0.5, 0.6) is 0 Å². The molecule has 2 rings (SSSR count). The second kappa shape index (κ2) is 5.92. The van der Waals surface area contributed by atoms with E-state index >= 15 is 0 Å². The Balaban J connectivity index is 2.24. The minimum Gasteiger partial charge on any atom is -0.294 e. The third-order valence-corrected chi connectivity index (χ3v) is 3.42. The Morgan fingerprint density at radius 3 is 2.37 bits per heavy atom. The summed E-state index contributed by atoms with van der Waals surface area (Å²) in [5, 5.41) is 10.9. The number of hydrogen-bond donors (Lipinski definition) is 0. The molecule has 0 atom stereocenters. The van der Waals surface area contributed by atoms with Crippen LogP contribution in [0.1, 0.15) is 15.9 Å². The first-order chi connectivity index (χ1) is 9.08. The lowest BCUT2D eigenvalue weighted by Crippen LogP contribution is -2.05. The Morgan fingerprint density at radius 1 is 1.11 bits per heavy atom. The number of nitrogens with zero attached hydrogens (tertiary/aromatic N) is 1. The van der Waals surface area contributed by atoms with Crippen LogP contribution in [0.25, 0.3) is 0 Å². The normalized spacial score (nSPS) is 10.2. The molecule has 0 aliphatic carbocycles. The average Bonchev–Trinajstić information content (AvgIpc) is 2.39. The lowest BCUT2D eigenvalue weighted by molar-refractivity contribution is -0.385. The maximum Gasteiger partial charge on any atom is 0.273 e. The molecule has 0 saturated carbocycles. The average molecular weight is 367 g/mol. The second-order valence-electron chi connectivity index (χ2n) is 3.99. The molecule has 0 bridgehead atoms. The van der Waals surface area contributed by atoms with Crippen LogP contribution in [0.15, 0.2) is 48.5 Å². The molecule has 0 aliphatic rings. The van der Waals surface area contributed by atoms with Gasteiger partial charge < -0.3 is 0 Å². The number of carbonyl (C=O) groups excluding carboxylic acids is 1. The van der Waals surface area contributed by atoms with E-state index in [1.54, 1.807) is 30.3 Å². The number of para-hydroxylation sites is 1. The van der Waals surface area contributed by atoms with Crippen LogP contribution in [0.4, 0.5) is 5.69 Å². The minimum atomic E-state index is -0.462. The predicted octanol–water partition coefficient (Wildman–Crippen LogP) is 3.62. The monoisotopic (exact) mass is 367 g/mol. The number of halogens is 1. The summed E-state index contributed by atoms with van der Waals surface area (Å²) in [4.78, 5) is 22.5. The molecule has 0 heterocycles. The maximum absolute atomic E-state index is 12.1. The number of nitro benzene ring substituents is 1. The molecule has 4 nitrogen and oxygen atoms in total.